The first kappa shape index (κ1) is 16.4. The van der Waals surface area contributed by atoms with Crippen molar-refractivity contribution in [2.45, 2.75) is 49.8 Å². The van der Waals surface area contributed by atoms with E-state index in [0.29, 0.717) is 12.1 Å². The van der Waals surface area contributed by atoms with E-state index in [1.807, 2.05) is 30.3 Å². The Hall–Kier alpha value is -1.43. The number of benzene rings is 1. The molecule has 5 heteroatoms. The highest BCUT2D eigenvalue weighted by Gasteiger charge is 2.39. The number of hydrogen-bond acceptors (Lipinski definition) is 5. The molecule has 2 heterocycles. The van der Waals surface area contributed by atoms with Gasteiger partial charge in [0, 0.05) is 39.0 Å². The molecular formula is C18H26N2O3. The first-order valence-electron chi connectivity index (χ1n) is 8.42. The summed E-state index contributed by atoms with van der Waals surface area (Å²) >= 11 is 0. The maximum absolute atomic E-state index is 12.5. The highest BCUT2D eigenvalue weighted by molar-refractivity contribution is 5.78. The van der Waals surface area contributed by atoms with Gasteiger partial charge in [0.1, 0.15) is 12.0 Å². The van der Waals surface area contributed by atoms with Crippen molar-refractivity contribution >= 4 is 5.97 Å². The fourth-order valence-corrected chi connectivity index (χ4v) is 3.86. The van der Waals surface area contributed by atoms with Crippen LogP contribution in [0.3, 0.4) is 0 Å². The molecule has 0 amide bonds. The number of nitrogens with zero attached hydrogens (tertiary/aromatic N) is 2. The number of esters is 1. The molecule has 1 saturated carbocycles. The van der Waals surface area contributed by atoms with Crippen molar-refractivity contribution in [2.24, 2.45) is 0 Å². The summed E-state index contributed by atoms with van der Waals surface area (Å²) in [6.45, 7) is -0.220. The largest absolute Gasteiger partial charge is 0.462 e. The molecule has 1 aliphatic carbocycles. The van der Waals surface area contributed by atoms with Crippen molar-refractivity contribution < 1.29 is 14.6 Å². The second-order valence-corrected chi connectivity index (χ2v) is 6.71. The topological polar surface area (TPSA) is 53.0 Å². The molecule has 3 aliphatic rings. The van der Waals surface area contributed by atoms with Crippen molar-refractivity contribution in [3.63, 3.8) is 0 Å². The summed E-state index contributed by atoms with van der Waals surface area (Å²) in [5, 5.41) is 14.2. The van der Waals surface area contributed by atoms with E-state index in [1.165, 1.54) is 0 Å². The average Bonchev–Trinajstić information content (AvgIpc) is 2.82. The van der Waals surface area contributed by atoms with Gasteiger partial charge in [-0.3, -0.25) is 4.79 Å². The van der Waals surface area contributed by atoms with Gasteiger partial charge >= 0.3 is 5.97 Å². The third kappa shape index (κ3) is 3.42. The zero-order valence-electron chi connectivity index (χ0n) is 13.9. The van der Waals surface area contributed by atoms with Crippen molar-refractivity contribution in [1.82, 2.24) is 10.0 Å². The molecule has 1 aromatic carbocycles. The van der Waals surface area contributed by atoms with E-state index in [-0.39, 0.29) is 18.7 Å². The van der Waals surface area contributed by atoms with Crippen LogP contribution >= 0.6 is 0 Å². The Morgan fingerprint density at radius 3 is 2.26 bits per heavy atom. The summed E-state index contributed by atoms with van der Waals surface area (Å²) in [4.78, 5) is 12.5. The minimum absolute atomic E-state index is 0.0647. The normalized spacial score (nSPS) is 30.0. The molecule has 2 saturated heterocycles. The first-order chi connectivity index (χ1) is 11.1. The number of fused-ring (bicyclic) bond motifs is 4. The van der Waals surface area contributed by atoms with Gasteiger partial charge in [-0.25, -0.2) is 10.0 Å². The molecule has 126 valence electrons. The van der Waals surface area contributed by atoms with Crippen molar-refractivity contribution in [2.75, 3.05) is 20.7 Å². The molecule has 23 heavy (non-hydrogen) atoms. The smallest absolute Gasteiger partial charge is 0.316 e. The van der Waals surface area contributed by atoms with Crippen LogP contribution < -0.4 is 0 Å². The Morgan fingerprint density at radius 2 is 1.74 bits per heavy atom. The van der Waals surface area contributed by atoms with Crippen molar-refractivity contribution in [3.05, 3.63) is 35.9 Å². The number of carbonyl (C=O) groups is 1. The number of hydrogen-bond donors (Lipinski definition) is 1. The van der Waals surface area contributed by atoms with Gasteiger partial charge in [-0.15, -0.1) is 0 Å². The summed E-state index contributed by atoms with van der Waals surface area (Å²) in [5.74, 6) is -0.900. The van der Waals surface area contributed by atoms with E-state index in [2.05, 4.69) is 24.1 Å². The molecule has 1 aromatic rings. The predicted molar refractivity (Wildman–Crippen MR) is 87.7 cm³/mol. The van der Waals surface area contributed by atoms with E-state index in [9.17, 15) is 9.90 Å². The number of aliphatic hydroxyl groups is 1. The zero-order chi connectivity index (χ0) is 16.4. The zero-order valence-corrected chi connectivity index (χ0v) is 13.9. The lowest BCUT2D eigenvalue weighted by atomic mass is 10.00. The van der Waals surface area contributed by atoms with Gasteiger partial charge in [-0.2, -0.15) is 0 Å². The highest BCUT2D eigenvalue weighted by Crippen LogP contribution is 2.33. The Labute approximate surface area is 137 Å². The average molecular weight is 318 g/mol. The van der Waals surface area contributed by atoms with Crippen molar-refractivity contribution in [3.8, 4) is 0 Å². The van der Waals surface area contributed by atoms with Crippen LogP contribution in [0.1, 0.15) is 37.2 Å². The Kier molecular flexibility index (Phi) is 4.99. The quantitative estimate of drug-likeness (QED) is 0.858. The lowest BCUT2D eigenvalue weighted by Crippen LogP contribution is -2.51. The number of ether oxygens (including phenoxy) is 1. The third-order valence-corrected chi connectivity index (χ3v) is 5.41. The van der Waals surface area contributed by atoms with Crippen molar-refractivity contribution in [1.29, 1.82) is 0 Å². The van der Waals surface area contributed by atoms with Crippen LogP contribution in [0.4, 0.5) is 0 Å². The lowest BCUT2D eigenvalue weighted by Gasteiger charge is -2.42. The van der Waals surface area contributed by atoms with Gasteiger partial charge in [0.2, 0.25) is 0 Å². The van der Waals surface area contributed by atoms with Crippen LogP contribution in [0.5, 0.6) is 0 Å². The summed E-state index contributed by atoms with van der Waals surface area (Å²) in [5.41, 5.74) is 0.811. The summed E-state index contributed by atoms with van der Waals surface area (Å²) < 4.78 is 5.80. The SMILES string of the molecule is CN1[C@@H]2CC[C@@H](CC(OC(=O)C(CO)c3ccccc3)C2)N1C. The molecule has 3 fully saturated rings. The Balaban J connectivity index is 1.68. The number of carbonyl (C=O) groups excluding carboxylic acids is 1. The van der Waals surface area contributed by atoms with E-state index in [1.54, 1.807) is 0 Å². The van der Waals surface area contributed by atoms with E-state index < -0.39 is 5.92 Å². The summed E-state index contributed by atoms with van der Waals surface area (Å²) in [6, 6.07) is 10.2. The molecule has 1 N–H and O–H groups in total. The number of rotatable bonds is 4. The molecule has 4 atom stereocenters. The van der Waals surface area contributed by atoms with Crippen LogP contribution in [0.25, 0.3) is 0 Å². The molecular weight excluding hydrogens is 292 g/mol. The minimum atomic E-state index is -0.590. The van der Waals surface area contributed by atoms with E-state index in [0.717, 1.165) is 31.2 Å². The number of aliphatic hydroxyl groups excluding tert-OH is 1. The second kappa shape index (κ2) is 6.99. The van der Waals surface area contributed by atoms with Crippen LogP contribution in [-0.2, 0) is 9.53 Å². The molecule has 2 aliphatic heterocycles. The first-order valence-corrected chi connectivity index (χ1v) is 8.42. The molecule has 0 spiro atoms. The van der Waals surface area contributed by atoms with Crippen LogP contribution in [0, 0.1) is 0 Å². The fraction of sp³-hybridized carbons (Fsp3) is 0.611. The summed E-state index contributed by atoms with van der Waals surface area (Å²) in [7, 11) is 4.23. The number of hydrazine groups is 1. The highest BCUT2D eigenvalue weighted by atomic mass is 16.5. The maximum Gasteiger partial charge on any atom is 0.316 e. The Bertz CT molecular complexity index is 518. The molecule has 5 nitrogen and oxygen atoms in total. The van der Waals surface area contributed by atoms with Crippen LogP contribution in [0.2, 0.25) is 0 Å². The maximum atomic E-state index is 12.5. The predicted octanol–water partition coefficient (Wildman–Crippen LogP) is 1.78. The van der Waals surface area contributed by atoms with Gasteiger partial charge in [0.25, 0.3) is 0 Å². The monoisotopic (exact) mass is 318 g/mol. The van der Waals surface area contributed by atoms with Gasteiger partial charge in [0.05, 0.1) is 6.61 Å². The van der Waals surface area contributed by atoms with Gasteiger partial charge in [-0.05, 0) is 18.4 Å². The standard InChI is InChI=1S/C18H26N2O3/c1-19-14-8-9-15(20(19)2)11-16(10-14)23-18(22)17(12-21)13-6-4-3-5-7-13/h3-7,14-17,21H,8-12H2,1-2H3/t14-,15+,16?,17?. The fourth-order valence-electron chi connectivity index (χ4n) is 3.86. The second-order valence-electron chi connectivity index (χ2n) is 6.71. The summed E-state index contributed by atoms with van der Waals surface area (Å²) in [6.07, 6.45) is 3.99. The van der Waals surface area contributed by atoms with Gasteiger partial charge in [-0.1, -0.05) is 30.3 Å². The van der Waals surface area contributed by atoms with Crippen LogP contribution in [0.15, 0.2) is 30.3 Å². The molecule has 2 bridgehead atoms. The van der Waals surface area contributed by atoms with Gasteiger partial charge < -0.3 is 9.84 Å². The van der Waals surface area contributed by atoms with Crippen LogP contribution in [-0.4, -0.2) is 60.0 Å². The van der Waals surface area contributed by atoms with E-state index >= 15 is 0 Å². The lowest BCUT2D eigenvalue weighted by molar-refractivity contribution is -0.152. The van der Waals surface area contributed by atoms with Gasteiger partial charge in [0.15, 0.2) is 0 Å². The van der Waals surface area contributed by atoms with E-state index in [4.69, 9.17) is 4.74 Å². The molecule has 2 unspecified atom stereocenters. The molecule has 4 rings (SSSR count). The Morgan fingerprint density at radius 1 is 1.17 bits per heavy atom. The third-order valence-electron chi connectivity index (χ3n) is 5.41. The minimum Gasteiger partial charge on any atom is -0.462 e. The molecule has 0 aromatic heterocycles. The molecule has 0 radical (unpaired) electrons.